The van der Waals surface area contributed by atoms with Gasteiger partial charge >= 0.3 is 12.3 Å². The van der Waals surface area contributed by atoms with Gasteiger partial charge < -0.3 is 15.0 Å². The number of piperidine rings is 1. The SMILES string of the molecule is CC(C)(C)OC(=O)NC1CCN(C2=NC(=O)/C(=C/c3ccc4c(cnn4Cc4ccc(Cl)cc4C(F)(F)F)c3)S2)CC1. The lowest BCUT2D eigenvalue weighted by Crippen LogP contribution is -2.47. The minimum atomic E-state index is -4.54. The fraction of sp³-hybridized carbons (Fsp3) is 0.379. The molecule has 42 heavy (non-hydrogen) atoms. The van der Waals surface area contributed by atoms with E-state index in [4.69, 9.17) is 16.3 Å². The number of likely N-dealkylation sites (tertiary alicyclic amines) is 1. The van der Waals surface area contributed by atoms with E-state index in [-0.39, 0.29) is 29.1 Å². The van der Waals surface area contributed by atoms with Crippen LogP contribution in [-0.2, 0) is 22.3 Å². The van der Waals surface area contributed by atoms with Gasteiger partial charge in [0.1, 0.15) is 5.60 Å². The van der Waals surface area contributed by atoms with Gasteiger partial charge in [0, 0.05) is 29.5 Å². The van der Waals surface area contributed by atoms with Crippen LogP contribution >= 0.6 is 23.4 Å². The average molecular weight is 620 g/mol. The number of hydrogen-bond donors (Lipinski definition) is 1. The molecule has 1 saturated heterocycles. The maximum atomic E-state index is 13.6. The second-order valence-corrected chi connectivity index (χ2v) is 12.6. The molecular weight excluding hydrogens is 591 g/mol. The molecule has 3 aromatic rings. The number of alkyl carbamates (subject to hydrolysis) is 1. The second-order valence-electron chi connectivity index (χ2n) is 11.1. The van der Waals surface area contributed by atoms with E-state index < -0.39 is 23.4 Å². The lowest BCUT2D eigenvalue weighted by atomic mass is 10.1. The van der Waals surface area contributed by atoms with E-state index in [0.29, 0.717) is 41.5 Å². The lowest BCUT2D eigenvalue weighted by Gasteiger charge is -2.33. The van der Waals surface area contributed by atoms with Crippen LogP contribution in [0.2, 0.25) is 5.02 Å². The number of aliphatic imine (C=N–C) groups is 1. The minimum absolute atomic E-state index is 0.0128. The van der Waals surface area contributed by atoms with Crippen LogP contribution in [0, 0.1) is 0 Å². The number of amidine groups is 1. The van der Waals surface area contributed by atoms with Gasteiger partial charge in [0.2, 0.25) is 0 Å². The first-order valence-electron chi connectivity index (χ1n) is 13.3. The van der Waals surface area contributed by atoms with Crippen LogP contribution in [0.25, 0.3) is 17.0 Å². The monoisotopic (exact) mass is 619 g/mol. The molecule has 0 radical (unpaired) electrons. The number of amides is 2. The number of thioether (sulfide) groups is 1. The summed E-state index contributed by atoms with van der Waals surface area (Å²) in [5, 5.41) is 8.57. The normalized spacial score (nSPS) is 17.7. The van der Waals surface area contributed by atoms with Crippen LogP contribution in [0.5, 0.6) is 0 Å². The van der Waals surface area contributed by atoms with Gasteiger partial charge in [0.05, 0.1) is 28.7 Å². The third kappa shape index (κ3) is 7.09. The molecule has 2 aliphatic heterocycles. The summed E-state index contributed by atoms with van der Waals surface area (Å²) in [6, 6.07) is 9.09. The van der Waals surface area contributed by atoms with Crippen molar-refractivity contribution in [1.82, 2.24) is 20.0 Å². The summed E-state index contributed by atoms with van der Waals surface area (Å²) in [7, 11) is 0. The van der Waals surface area contributed by atoms with E-state index in [1.807, 2.05) is 31.7 Å². The van der Waals surface area contributed by atoms with Crippen LogP contribution in [0.15, 0.2) is 52.5 Å². The van der Waals surface area contributed by atoms with Crippen molar-refractivity contribution in [1.29, 1.82) is 0 Å². The molecule has 1 N–H and O–H groups in total. The summed E-state index contributed by atoms with van der Waals surface area (Å²) in [4.78, 5) is 31.5. The molecular formula is C29H29ClF3N5O3S. The highest BCUT2D eigenvalue weighted by molar-refractivity contribution is 8.18. The molecule has 0 unspecified atom stereocenters. The number of benzene rings is 2. The van der Waals surface area contributed by atoms with Gasteiger partial charge in [-0.3, -0.25) is 9.48 Å². The first-order valence-corrected chi connectivity index (χ1v) is 14.5. The Morgan fingerprint density at radius 2 is 1.90 bits per heavy atom. The molecule has 3 heterocycles. The van der Waals surface area contributed by atoms with Gasteiger partial charge in [-0.1, -0.05) is 23.7 Å². The van der Waals surface area contributed by atoms with Crippen LogP contribution in [0.1, 0.15) is 50.3 Å². The molecule has 0 atom stereocenters. The summed E-state index contributed by atoms with van der Waals surface area (Å²) in [5.41, 5.74) is 0.107. The Labute approximate surface area is 249 Å². The highest BCUT2D eigenvalue weighted by atomic mass is 35.5. The average Bonchev–Trinajstić information content (AvgIpc) is 3.46. The Hall–Kier alpha value is -3.51. The molecule has 1 fully saturated rings. The highest BCUT2D eigenvalue weighted by Gasteiger charge is 2.34. The highest BCUT2D eigenvalue weighted by Crippen LogP contribution is 2.35. The van der Waals surface area contributed by atoms with E-state index in [2.05, 4.69) is 15.4 Å². The summed E-state index contributed by atoms with van der Waals surface area (Å²) in [6.07, 6.45) is -0.241. The summed E-state index contributed by atoms with van der Waals surface area (Å²) >= 11 is 7.11. The number of carbonyl (C=O) groups excluding carboxylic acids is 2. The second kappa shape index (κ2) is 11.6. The lowest BCUT2D eigenvalue weighted by molar-refractivity contribution is -0.138. The standard InChI is InChI=1S/C29H29ClF3N5O3S/c1-28(2,3)41-27(40)35-21-8-10-37(11-9-21)26-36-25(39)24(42-26)13-17-4-7-23-19(12-17)15-34-38(23)16-18-5-6-20(30)14-22(18)29(31,32)33/h4-7,12-15,21H,8-11,16H2,1-3H3,(H,35,40)/b24-13-. The van der Waals surface area contributed by atoms with Gasteiger partial charge in [-0.15, -0.1) is 0 Å². The quantitative estimate of drug-likeness (QED) is 0.326. The molecule has 1 aromatic heterocycles. The van der Waals surface area contributed by atoms with Crippen LogP contribution < -0.4 is 5.32 Å². The van der Waals surface area contributed by atoms with Crippen LogP contribution in [0.4, 0.5) is 18.0 Å². The maximum absolute atomic E-state index is 13.6. The summed E-state index contributed by atoms with van der Waals surface area (Å²) in [6.45, 7) is 6.65. The number of fused-ring (bicyclic) bond motifs is 1. The zero-order valence-corrected chi connectivity index (χ0v) is 24.7. The maximum Gasteiger partial charge on any atom is 0.416 e. The number of halogens is 4. The molecule has 0 saturated carbocycles. The predicted molar refractivity (Wildman–Crippen MR) is 157 cm³/mol. The van der Waals surface area contributed by atoms with Gasteiger partial charge in [0.25, 0.3) is 5.91 Å². The third-order valence-corrected chi connectivity index (χ3v) is 8.04. The van der Waals surface area contributed by atoms with Crippen LogP contribution in [-0.4, -0.2) is 56.6 Å². The Morgan fingerprint density at radius 1 is 1.17 bits per heavy atom. The molecule has 2 aliphatic rings. The van der Waals surface area contributed by atoms with Crippen molar-refractivity contribution in [2.75, 3.05) is 13.1 Å². The summed E-state index contributed by atoms with van der Waals surface area (Å²) in [5.74, 6) is -0.331. The molecule has 2 aromatic carbocycles. The number of alkyl halides is 3. The van der Waals surface area contributed by atoms with E-state index in [0.717, 1.165) is 17.0 Å². The Morgan fingerprint density at radius 3 is 2.60 bits per heavy atom. The number of carbonyl (C=O) groups is 2. The number of aromatic nitrogens is 2. The van der Waals surface area contributed by atoms with Crippen molar-refractivity contribution in [3.63, 3.8) is 0 Å². The van der Waals surface area contributed by atoms with Crippen molar-refractivity contribution in [2.45, 2.75) is 58.0 Å². The number of nitrogens with one attached hydrogen (secondary N) is 1. The Kier molecular flexibility index (Phi) is 8.30. The molecule has 2 amide bonds. The van der Waals surface area contributed by atoms with Gasteiger partial charge in [-0.2, -0.15) is 23.3 Å². The Bertz CT molecular complexity index is 1590. The number of rotatable bonds is 4. The van der Waals surface area contributed by atoms with E-state index in [1.54, 1.807) is 24.4 Å². The van der Waals surface area contributed by atoms with Crippen LogP contribution in [0.3, 0.4) is 0 Å². The number of ether oxygens (including phenoxy) is 1. The minimum Gasteiger partial charge on any atom is -0.444 e. The Balaban J connectivity index is 1.23. The largest absolute Gasteiger partial charge is 0.444 e. The topological polar surface area (TPSA) is 88.8 Å². The zero-order valence-electron chi connectivity index (χ0n) is 23.2. The number of hydrogen-bond acceptors (Lipinski definition) is 6. The van der Waals surface area contributed by atoms with Crippen molar-refractivity contribution in [3.8, 4) is 0 Å². The molecule has 0 bridgehead atoms. The first kappa shape index (κ1) is 30.0. The molecule has 0 spiro atoms. The first-order chi connectivity index (χ1) is 19.7. The van der Waals surface area contributed by atoms with Crippen molar-refractivity contribution in [2.24, 2.45) is 4.99 Å². The third-order valence-electron chi connectivity index (χ3n) is 6.76. The molecule has 13 heteroatoms. The zero-order chi connectivity index (χ0) is 30.2. The van der Waals surface area contributed by atoms with E-state index >= 15 is 0 Å². The predicted octanol–water partition coefficient (Wildman–Crippen LogP) is 6.72. The van der Waals surface area contributed by atoms with E-state index in [1.165, 1.54) is 28.6 Å². The van der Waals surface area contributed by atoms with Gasteiger partial charge in [-0.05, 0) is 86.8 Å². The van der Waals surface area contributed by atoms with Gasteiger partial charge in [0.15, 0.2) is 5.17 Å². The fourth-order valence-electron chi connectivity index (χ4n) is 4.81. The molecule has 8 nitrogen and oxygen atoms in total. The fourth-order valence-corrected chi connectivity index (χ4v) is 5.94. The van der Waals surface area contributed by atoms with E-state index in [9.17, 15) is 22.8 Å². The molecule has 222 valence electrons. The summed E-state index contributed by atoms with van der Waals surface area (Å²) < 4.78 is 47.5. The smallest absolute Gasteiger partial charge is 0.416 e. The number of nitrogens with zero attached hydrogens (tertiary/aromatic N) is 4. The van der Waals surface area contributed by atoms with Crippen molar-refractivity contribution < 1.29 is 27.5 Å². The van der Waals surface area contributed by atoms with Crippen molar-refractivity contribution in [3.05, 3.63) is 69.2 Å². The van der Waals surface area contributed by atoms with Gasteiger partial charge in [-0.25, -0.2) is 4.79 Å². The van der Waals surface area contributed by atoms with Crippen molar-refractivity contribution >= 4 is 57.5 Å². The molecule has 0 aliphatic carbocycles. The molecule has 5 rings (SSSR count).